The first kappa shape index (κ1) is 17.2. The molecule has 2 aromatic carbocycles. The lowest BCUT2D eigenvalue weighted by atomic mass is 10.1. The summed E-state index contributed by atoms with van der Waals surface area (Å²) in [5.41, 5.74) is 0.893. The molecule has 8 heteroatoms. The SMILES string of the molecule is O=C(O)COc1ccc2c(=O)c3c(O)cc(N4CCOCC4)cc3oc2c1. The van der Waals surface area contributed by atoms with Gasteiger partial charge in [-0.05, 0) is 12.1 Å². The highest BCUT2D eigenvalue weighted by molar-refractivity contribution is 5.95. The quantitative estimate of drug-likeness (QED) is 0.670. The Bertz CT molecular complexity index is 1080. The van der Waals surface area contributed by atoms with Crippen LogP contribution in [0, 0.1) is 0 Å². The van der Waals surface area contributed by atoms with Gasteiger partial charge in [-0.1, -0.05) is 0 Å². The van der Waals surface area contributed by atoms with Crippen LogP contribution in [0.25, 0.3) is 21.9 Å². The molecule has 2 N–H and O–H groups in total. The summed E-state index contributed by atoms with van der Waals surface area (Å²) in [5.74, 6) is -0.966. The van der Waals surface area contributed by atoms with E-state index in [-0.39, 0.29) is 38.9 Å². The maximum absolute atomic E-state index is 12.8. The Labute approximate surface area is 153 Å². The van der Waals surface area contributed by atoms with E-state index in [1.807, 2.05) is 4.90 Å². The van der Waals surface area contributed by atoms with Crippen LogP contribution in [-0.2, 0) is 9.53 Å². The number of phenolic OH excluding ortho intramolecular Hbond substituents is 1. The van der Waals surface area contributed by atoms with Crippen molar-refractivity contribution in [2.45, 2.75) is 0 Å². The first-order chi connectivity index (χ1) is 13.0. The summed E-state index contributed by atoms with van der Waals surface area (Å²) in [6.45, 7) is 2.03. The fourth-order valence-electron chi connectivity index (χ4n) is 3.16. The predicted octanol–water partition coefficient (Wildman–Crippen LogP) is 1.95. The summed E-state index contributed by atoms with van der Waals surface area (Å²) in [4.78, 5) is 25.5. The van der Waals surface area contributed by atoms with Crippen molar-refractivity contribution in [3.8, 4) is 11.5 Å². The number of anilines is 1. The van der Waals surface area contributed by atoms with Crippen LogP contribution in [0.4, 0.5) is 5.69 Å². The van der Waals surface area contributed by atoms with Crippen LogP contribution < -0.4 is 15.1 Å². The minimum absolute atomic E-state index is 0.110. The van der Waals surface area contributed by atoms with Crippen molar-refractivity contribution >= 4 is 33.6 Å². The third kappa shape index (κ3) is 3.26. The molecule has 2 heterocycles. The van der Waals surface area contributed by atoms with Gasteiger partial charge in [-0.2, -0.15) is 0 Å². The smallest absolute Gasteiger partial charge is 0.341 e. The van der Waals surface area contributed by atoms with Crippen molar-refractivity contribution in [1.82, 2.24) is 0 Å². The van der Waals surface area contributed by atoms with Crippen molar-refractivity contribution < 1.29 is 28.9 Å². The molecule has 0 saturated carbocycles. The lowest BCUT2D eigenvalue weighted by molar-refractivity contribution is -0.139. The van der Waals surface area contributed by atoms with Gasteiger partial charge in [0.05, 0.1) is 18.6 Å². The fraction of sp³-hybridized carbons (Fsp3) is 0.263. The minimum atomic E-state index is -1.10. The number of hydrogen-bond acceptors (Lipinski definition) is 7. The monoisotopic (exact) mass is 371 g/mol. The number of aliphatic carboxylic acids is 1. The molecule has 1 fully saturated rings. The third-order valence-corrected chi connectivity index (χ3v) is 4.45. The second kappa shape index (κ2) is 6.81. The molecule has 0 atom stereocenters. The number of morpholine rings is 1. The van der Waals surface area contributed by atoms with E-state index in [1.165, 1.54) is 18.2 Å². The Kier molecular flexibility index (Phi) is 4.33. The minimum Gasteiger partial charge on any atom is -0.507 e. The zero-order valence-corrected chi connectivity index (χ0v) is 14.3. The predicted molar refractivity (Wildman–Crippen MR) is 97.8 cm³/mol. The summed E-state index contributed by atoms with van der Waals surface area (Å²) >= 11 is 0. The van der Waals surface area contributed by atoms with Crippen LogP contribution in [0.3, 0.4) is 0 Å². The molecule has 1 aliphatic heterocycles. The van der Waals surface area contributed by atoms with E-state index in [1.54, 1.807) is 12.1 Å². The molecule has 1 saturated heterocycles. The van der Waals surface area contributed by atoms with E-state index in [0.29, 0.717) is 26.3 Å². The number of phenols is 1. The molecule has 0 amide bonds. The Morgan fingerprint density at radius 3 is 2.67 bits per heavy atom. The van der Waals surface area contributed by atoms with Crippen LogP contribution in [-0.4, -0.2) is 49.1 Å². The molecular weight excluding hydrogens is 354 g/mol. The van der Waals surface area contributed by atoms with Crippen LogP contribution in [0.1, 0.15) is 0 Å². The highest BCUT2D eigenvalue weighted by atomic mass is 16.5. The molecule has 1 aliphatic rings. The Morgan fingerprint density at radius 2 is 1.93 bits per heavy atom. The van der Waals surface area contributed by atoms with Gasteiger partial charge in [0.1, 0.15) is 28.1 Å². The number of carboxylic acids is 1. The van der Waals surface area contributed by atoms with Crippen molar-refractivity contribution in [2.75, 3.05) is 37.8 Å². The lowest BCUT2D eigenvalue weighted by Crippen LogP contribution is -2.36. The van der Waals surface area contributed by atoms with Gasteiger partial charge in [-0.15, -0.1) is 0 Å². The maximum Gasteiger partial charge on any atom is 0.341 e. The number of carbonyl (C=O) groups is 1. The second-order valence-corrected chi connectivity index (χ2v) is 6.21. The van der Waals surface area contributed by atoms with E-state index in [0.717, 1.165) is 5.69 Å². The van der Waals surface area contributed by atoms with Crippen LogP contribution >= 0.6 is 0 Å². The van der Waals surface area contributed by atoms with Crippen LogP contribution in [0.15, 0.2) is 39.5 Å². The zero-order valence-electron chi connectivity index (χ0n) is 14.3. The fourth-order valence-corrected chi connectivity index (χ4v) is 3.16. The summed E-state index contributed by atoms with van der Waals surface area (Å²) in [7, 11) is 0. The number of nitrogens with zero attached hydrogens (tertiary/aromatic N) is 1. The highest BCUT2D eigenvalue weighted by Gasteiger charge is 2.18. The van der Waals surface area contributed by atoms with E-state index in [4.69, 9.17) is 19.0 Å². The molecule has 0 radical (unpaired) electrons. The number of aromatic hydroxyl groups is 1. The number of ether oxygens (including phenoxy) is 2. The van der Waals surface area contributed by atoms with Crippen molar-refractivity contribution in [3.63, 3.8) is 0 Å². The van der Waals surface area contributed by atoms with Gasteiger partial charge in [-0.3, -0.25) is 4.79 Å². The summed E-state index contributed by atoms with van der Waals surface area (Å²) in [6, 6.07) is 7.73. The molecule has 1 aromatic heterocycles. The van der Waals surface area contributed by atoms with E-state index >= 15 is 0 Å². The number of fused-ring (bicyclic) bond motifs is 2. The van der Waals surface area contributed by atoms with Crippen molar-refractivity contribution in [1.29, 1.82) is 0 Å². The van der Waals surface area contributed by atoms with E-state index in [2.05, 4.69) is 0 Å². The number of benzene rings is 2. The van der Waals surface area contributed by atoms with Gasteiger partial charge in [0.2, 0.25) is 5.43 Å². The topological polar surface area (TPSA) is 109 Å². The first-order valence-corrected chi connectivity index (χ1v) is 8.44. The Balaban J connectivity index is 1.83. The maximum atomic E-state index is 12.8. The molecule has 8 nitrogen and oxygen atoms in total. The molecule has 0 bridgehead atoms. The number of hydrogen-bond donors (Lipinski definition) is 2. The Morgan fingerprint density at radius 1 is 1.15 bits per heavy atom. The van der Waals surface area contributed by atoms with Crippen LogP contribution in [0.2, 0.25) is 0 Å². The second-order valence-electron chi connectivity index (χ2n) is 6.21. The average molecular weight is 371 g/mol. The van der Waals surface area contributed by atoms with Gasteiger partial charge >= 0.3 is 5.97 Å². The molecule has 140 valence electrons. The van der Waals surface area contributed by atoms with E-state index < -0.39 is 12.6 Å². The molecule has 27 heavy (non-hydrogen) atoms. The number of carboxylic acid groups (broad SMARTS) is 1. The summed E-state index contributed by atoms with van der Waals surface area (Å²) in [5, 5.41) is 19.5. The molecular formula is C19H17NO7. The van der Waals surface area contributed by atoms with Gasteiger partial charge in [0, 0.05) is 37.0 Å². The van der Waals surface area contributed by atoms with Crippen molar-refractivity contribution in [3.05, 3.63) is 40.6 Å². The molecule has 0 aliphatic carbocycles. The standard InChI is InChI=1S/C19H17NO7/c21-14-7-11(20-3-5-25-6-4-20)8-16-18(14)19(24)13-2-1-12(9-15(13)27-16)26-10-17(22)23/h1-2,7-9,21H,3-6,10H2,(H,22,23). The Hall–Kier alpha value is -3.26. The number of rotatable bonds is 4. The third-order valence-electron chi connectivity index (χ3n) is 4.45. The highest BCUT2D eigenvalue weighted by Crippen LogP contribution is 2.32. The van der Waals surface area contributed by atoms with E-state index in [9.17, 15) is 14.7 Å². The lowest BCUT2D eigenvalue weighted by Gasteiger charge is -2.29. The average Bonchev–Trinajstić information content (AvgIpc) is 2.66. The largest absolute Gasteiger partial charge is 0.507 e. The first-order valence-electron chi connectivity index (χ1n) is 8.44. The summed E-state index contributed by atoms with van der Waals surface area (Å²) in [6.07, 6.45) is 0. The van der Waals surface area contributed by atoms with Gasteiger partial charge < -0.3 is 29.0 Å². The molecule has 4 rings (SSSR count). The normalized spacial score (nSPS) is 14.6. The van der Waals surface area contributed by atoms with Gasteiger partial charge in [0.25, 0.3) is 0 Å². The summed E-state index contributed by atoms with van der Waals surface area (Å²) < 4.78 is 16.3. The molecule has 0 spiro atoms. The van der Waals surface area contributed by atoms with Crippen LogP contribution in [0.5, 0.6) is 11.5 Å². The molecule has 0 unspecified atom stereocenters. The van der Waals surface area contributed by atoms with Gasteiger partial charge in [0.15, 0.2) is 6.61 Å². The van der Waals surface area contributed by atoms with Gasteiger partial charge in [-0.25, -0.2) is 4.79 Å². The van der Waals surface area contributed by atoms with Crippen molar-refractivity contribution in [2.24, 2.45) is 0 Å². The zero-order chi connectivity index (χ0) is 19.0. The molecule has 3 aromatic rings.